The molecule has 0 bridgehead atoms. The number of nitrogens with zero attached hydrogens (tertiary/aromatic N) is 2. The lowest BCUT2D eigenvalue weighted by molar-refractivity contribution is -0.140. The summed E-state index contributed by atoms with van der Waals surface area (Å²) in [5.41, 5.74) is 3.16. The first kappa shape index (κ1) is 24.9. The van der Waals surface area contributed by atoms with Crippen molar-refractivity contribution in [2.24, 2.45) is 0 Å². The van der Waals surface area contributed by atoms with Crippen LogP contribution in [0.25, 0.3) is 5.76 Å². The van der Waals surface area contributed by atoms with Crippen LogP contribution in [-0.4, -0.2) is 26.7 Å². The zero-order valence-corrected chi connectivity index (χ0v) is 20.7. The number of carbonyl (C=O) groups excluding carboxylic acids is 2. The number of ether oxygens (including phenoxy) is 1. The van der Waals surface area contributed by atoms with Crippen LogP contribution in [0.3, 0.4) is 0 Å². The lowest BCUT2D eigenvalue weighted by Gasteiger charge is -2.25. The Morgan fingerprint density at radius 1 is 0.947 bits per heavy atom. The molecule has 1 N–H and O–H groups in total. The molecule has 6 nitrogen and oxygen atoms in total. The second-order valence-corrected chi connectivity index (χ2v) is 9.11. The second kappa shape index (κ2) is 10.7. The van der Waals surface area contributed by atoms with Gasteiger partial charge in [-0.3, -0.25) is 14.6 Å². The van der Waals surface area contributed by atoms with Crippen molar-refractivity contribution >= 4 is 17.4 Å². The van der Waals surface area contributed by atoms with Gasteiger partial charge in [0.1, 0.15) is 23.9 Å². The fourth-order valence-electron chi connectivity index (χ4n) is 4.58. The average Bonchev–Trinajstić information content (AvgIpc) is 3.17. The number of likely N-dealkylation sites (tertiary alicyclic amines) is 1. The van der Waals surface area contributed by atoms with Crippen molar-refractivity contribution < 1.29 is 23.8 Å². The van der Waals surface area contributed by atoms with Gasteiger partial charge in [0.15, 0.2) is 0 Å². The summed E-state index contributed by atoms with van der Waals surface area (Å²) in [6.07, 6.45) is 3.15. The van der Waals surface area contributed by atoms with Crippen molar-refractivity contribution in [1.29, 1.82) is 0 Å². The number of aliphatic hydroxyl groups is 1. The summed E-state index contributed by atoms with van der Waals surface area (Å²) in [4.78, 5) is 31.6. The molecule has 0 unspecified atom stereocenters. The molecule has 0 radical (unpaired) electrons. The molecule has 190 valence electrons. The van der Waals surface area contributed by atoms with Crippen molar-refractivity contribution in [1.82, 2.24) is 9.88 Å². The van der Waals surface area contributed by atoms with E-state index in [1.165, 1.54) is 23.1 Å². The van der Waals surface area contributed by atoms with E-state index < -0.39 is 23.5 Å². The van der Waals surface area contributed by atoms with Gasteiger partial charge in [0.05, 0.1) is 11.6 Å². The molecule has 7 heteroatoms. The molecule has 0 aliphatic carbocycles. The van der Waals surface area contributed by atoms with Gasteiger partial charge in [-0.25, -0.2) is 4.39 Å². The zero-order chi connectivity index (χ0) is 26.6. The summed E-state index contributed by atoms with van der Waals surface area (Å²) in [6, 6.07) is 22.8. The van der Waals surface area contributed by atoms with Crippen molar-refractivity contribution in [3.05, 3.63) is 137 Å². The SMILES string of the molecule is Cc1cccc(COc2ccc(/C(O)=C3\C(=O)C(=O)N(Cc4ccncc4)[C@@H]3c3ccccc3F)cc2)c1. The molecular weight excluding hydrogens is 483 g/mol. The van der Waals surface area contributed by atoms with Crippen LogP contribution >= 0.6 is 0 Å². The zero-order valence-electron chi connectivity index (χ0n) is 20.7. The number of hydrogen-bond donors (Lipinski definition) is 1. The topological polar surface area (TPSA) is 79.7 Å². The Kier molecular flexibility index (Phi) is 7.00. The van der Waals surface area contributed by atoms with Gasteiger partial charge in [-0.05, 0) is 60.5 Å². The first-order valence-electron chi connectivity index (χ1n) is 12.1. The summed E-state index contributed by atoms with van der Waals surface area (Å²) in [5, 5.41) is 11.3. The molecule has 1 atom stereocenters. The fourth-order valence-corrected chi connectivity index (χ4v) is 4.58. The third-order valence-electron chi connectivity index (χ3n) is 6.46. The van der Waals surface area contributed by atoms with E-state index in [0.717, 1.165) is 16.7 Å². The Bertz CT molecular complexity index is 1520. The Morgan fingerprint density at radius 2 is 1.68 bits per heavy atom. The van der Waals surface area contributed by atoms with E-state index in [2.05, 4.69) is 4.98 Å². The van der Waals surface area contributed by atoms with Gasteiger partial charge in [-0.15, -0.1) is 0 Å². The molecular formula is C31H25FN2O4. The van der Waals surface area contributed by atoms with Gasteiger partial charge < -0.3 is 14.7 Å². The number of Topliss-reactive ketones (excluding diaryl/α,β-unsaturated/α-hetero) is 1. The van der Waals surface area contributed by atoms with Crippen molar-refractivity contribution in [2.45, 2.75) is 26.1 Å². The minimum Gasteiger partial charge on any atom is -0.507 e. The number of pyridine rings is 1. The molecule has 0 saturated carbocycles. The van der Waals surface area contributed by atoms with Crippen LogP contribution in [-0.2, 0) is 22.7 Å². The van der Waals surface area contributed by atoms with E-state index in [1.54, 1.807) is 54.9 Å². The molecule has 3 aromatic carbocycles. The molecule has 1 aliphatic rings. The number of hydrogen-bond acceptors (Lipinski definition) is 5. The van der Waals surface area contributed by atoms with E-state index in [4.69, 9.17) is 4.74 Å². The van der Waals surface area contributed by atoms with E-state index in [9.17, 15) is 19.1 Å². The van der Waals surface area contributed by atoms with Crippen molar-refractivity contribution in [3.63, 3.8) is 0 Å². The number of benzene rings is 3. The van der Waals surface area contributed by atoms with Gasteiger partial charge in [-0.1, -0.05) is 48.0 Å². The normalized spacial score (nSPS) is 16.6. The first-order chi connectivity index (χ1) is 18.4. The van der Waals surface area contributed by atoms with Crippen LogP contribution < -0.4 is 4.74 Å². The number of aromatic nitrogens is 1. The maximum Gasteiger partial charge on any atom is 0.295 e. The summed E-state index contributed by atoms with van der Waals surface area (Å²) >= 11 is 0. The fraction of sp³-hybridized carbons (Fsp3) is 0.129. The van der Waals surface area contributed by atoms with Crippen LogP contribution in [0.15, 0.2) is 103 Å². The number of aryl methyl sites for hydroxylation is 1. The van der Waals surface area contributed by atoms with Gasteiger partial charge in [0, 0.05) is 30.1 Å². The number of amides is 1. The molecule has 1 aromatic heterocycles. The third kappa shape index (κ3) is 5.04. The van der Waals surface area contributed by atoms with Gasteiger partial charge in [0.2, 0.25) is 0 Å². The van der Waals surface area contributed by atoms with Gasteiger partial charge in [0.25, 0.3) is 11.7 Å². The minimum atomic E-state index is -1.10. The number of rotatable bonds is 7. The van der Waals surface area contributed by atoms with Crippen molar-refractivity contribution in [2.75, 3.05) is 0 Å². The molecule has 1 fully saturated rings. The van der Waals surface area contributed by atoms with Gasteiger partial charge >= 0.3 is 0 Å². The standard InChI is InChI=1S/C31H25FN2O4/c1-20-5-4-6-22(17-20)19-38-24-11-9-23(10-12-24)29(35)27-28(25-7-2-3-8-26(25)32)34(31(37)30(27)36)18-21-13-15-33-16-14-21/h2-17,28,35H,18-19H2,1H3/b29-27+/t28-/m1/s1. The largest absolute Gasteiger partial charge is 0.507 e. The predicted octanol–water partition coefficient (Wildman–Crippen LogP) is 5.73. The summed E-state index contributed by atoms with van der Waals surface area (Å²) in [7, 11) is 0. The Labute approximate surface area is 219 Å². The molecule has 1 saturated heterocycles. The maximum atomic E-state index is 15.0. The van der Waals surface area contributed by atoms with E-state index in [1.807, 2.05) is 31.2 Å². The molecule has 1 aliphatic heterocycles. The average molecular weight is 509 g/mol. The van der Waals surface area contributed by atoms with Crippen LogP contribution in [0.5, 0.6) is 5.75 Å². The summed E-state index contributed by atoms with van der Waals surface area (Å²) in [6.45, 7) is 2.44. The van der Waals surface area contributed by atoms with E-state index >= 15 is 0 Å². The highest BCUT2D eigenvalue weighted by molar-refractivity contribution is 6.46. The Hall–Kier alpha value is -4.78. The number of ketones is 1. The maximum absolute atomic E-state index is 15.0. The van der Waals surface area contributed by atoms with Gasteiger partial charge in [-0.2, -0.15) is 0 Å². The van der Waals surface area contributed by atoms with Crippen molar-refractivity contribution in [3.8, 4) is 5.75 Å². The minimum absolute atomic E-state index is 0.0502. The smallest absolute Gasteiger partial charge is 0.295 e. The van der Waals surface area contributed by atoms with Crippen LogP contribution in [0.2, 0.25) is 0 Å². The molecule has 1 amide bonds. The highest BCUT2D eigenvalue weighted by atomic mass is 19.1. The third-order valence-corrected chi connectivity index (χ3v) is 6.46. The lowest BCUT2D eigenvalue weighted by Crippen LogP contribution is -2.29. The summed E-state index contributed by atoms with van der Waals surface area (Å²) in [5.74, 6) is -2.06. The molecule has 38 heavy (non-hydrogen) atoms. The Balaban J connectivity index is 1.48. The molecule has 2 heterocycles. The highest BCUT2D eigenvalue weighted by Crippen LogP contribution is 2.41. The summed E-state index contributed by atoms with van der Waals surface area (Å²) < 4.78 is 20.8. The van der Waals surface area contributed by atoms with E-state index in [-0.39, 0.29) is 23.4 Å². The number of carbonyl (C=O) groups is 2. The number of halogens is 1. The number of aliphatic hydroxyl groups excluding tert-OH is 1. The second-order valence-electron chi connectivity index (χ2n) is 9.11. The Morgan fingerprint density at radius 3 is 2.39 bits per heavy atom. The monoisotopic (exact) mass is 508 g/mol. The predicted molar refractivity (Wildman–Crippen MR) is 140 cm³/mol. The van der Waals surface area contributed by atoms with Crippen LogP contribution in [0.4, 0.5) is 4.39 Å². The van der Waals surface area contributed by atoms with E-state index in [0.29, 0.717) is 17.9 Å². The highest BCUT2D eigenvalue weighted by Gasteiger charge is 2.46. The first-order valence-corrected chi connectivity index (χ1v) is 12.1. The van der Waals surface area contributed by atoms with Crippen LogP contribution in [0, 0.1) is 12.7 Å². The molecule has 4 aromatic rings. The quantitative estimate of drug-likeness (QED) is 0.196. The molecule has 0 spiro atoms. The van der Waals surface area contributed by atoms with Crippen LogP contribution in [0.1, 0.15) is 33.9 Å². The molecule has 5 rings (SSSR count). The lowest BCUT2D eigenvalue weighted by atomic mass is 9.94.